The third kappa shape index (κ3) is 5.84. The Morgan fingerprint density at radius 2 is 1.94 bits per heavy atom. The number of hydrogen-bond donors (Lipinski definition) is 1. The summed E-state index contributed by atoms with van der Waals surface area (Å²) < 4.78 is 4.96. The van der Waals surface area contributed by atoms with E-state index in [4.69, 9.17) is 4.74 Å². The molecule has 0 bridgehead atoms. The van der Waals surface area contributed by atoms with Crippen molar-refractivity contribution < 1.29 is 14.3 Å². The monoisotopic (exact) mass is 255 g/mol. The Bertz CT molecular complexity index is 297. The van der Waals surface area contributed by atoms with Crippen molar-refractivity contribution in [3.05, 3.63) is 11.6 Å². The lowest BCUT2D eigenvalue weighted by molar-refractivity contribution is -0.150. The van der Waals surface area contributed by atoms with E-state index >= 15 is 0 Å². The van der Waals surface area contributed by atoms with Crippen LogP contribution in [0.1, 0.15) is 47.0 Å². The van der Waals surface area contributed by atoms with E-state index in [1.54, 1.807) is 13.8 Å². The number of amides is 1. The first-order valence-corrected chi connectivity index (χ1v) is 6.69. The molecule has 0 aliphatic heterocycles. The van der Waals surface area contributed by atoms with Crippen molar-refractivity contribution >= 4 is 11.9 Å². The minimum absolute atomic E-state index is 0.260. The van der Waals surface area contributed by atoms with Gasteiger partial charge in [-0.2, -0.15) is 0 Å². The van der Waals surface area contributed by atoms with Crippen molar-refractivity contribution in [2.24, 2.45) is 5.92 Å². The van der Waals surface area contributed by atoms with Crippen molar-refractivity contribution in [2.45, 2.75) is 47.0 Å². The zero-order valence-electron chi connectivity index (χ0n) is 11.9. The van der Waals surface area contributed by atoms with Gasteiger partial charge in [0, 0.05) is 6.54 Å². The predicted octanol–water partition coefficient (Wildman–Crippen LogP) is 2.44. The second-order valence-electron chi connectivity index (χ2n) is 4.19. The number of esters is 1. The average molecular weight is 255 g/mol. The molecule has 4 nitrogen and oxygen atoms in total. The molecular formula is C14H25NO3. The standard InChI is InChI=1S/C14H25NO3/c1-5-8-10-15-13(16)12(11(4)9-6-2)14(17)18-7-3/h9,12H,5-8,10H2,1-4H3,(H,15,16)/b11-9-. The summed E-state index contributed by atoms with van der Waals surface area (Å²) in [5, 5.41) is 2.78. The maximum Gasteiger partial charge on any atom is 0.322 e. The van der Waals surface area contributed by atoms with Crippen LogP contribution in [-0.4, -0.2) is 25.0 Å². The maximum absolute atomic E-state index is 12.0. The molecule has 1 unspecified atom stereocenters. The molecule has 0 aromatic carbocycles. The highest BCUT2D eigenvalue weighted by atomic mass is 16.5. The molecule has 0 saturated carbocycles. The molecule has 0 aromatic heterocycles. The zero-order valence-corrected chi connectivity index (χ0v) is 11.9. The van der Waals surface area contributed by atoms with Gasteiger partial charge < -0.3 is 10.1 Å². The molecular weight excluding hydrogens is 230 g/mol. The molecule has 0 aliphatic rings. The Labute approximate surface area is 110 Å². The molecule has 0 aliphatic carbocycles. The number of ether oxygens (including phenoxy) is 1. The highest BCUT2D eigenvalue weighted by molar-refractivity contribution is 6.00. The lowest BCUT2D eigenvalue weighted by Crippen LogP contribution is -2.37. The van der Waals surface area contributed by atoms with Crippen LogP contribution in [0.3, 0.4) is 0 Å². The molecule has 1 atom stereocenters. The third-order valence-electron chi connectivity index (χ3n) is 2.60. The van der Waals surface area contributed by atoms with E-state index < -0.39 is 11.9 Å². The normalized spacial score (nSPS) is 13.0. The molecule has 104 valence electrons. The summed E-state index contributed by atoms with van der Waals surface area (Å²) in [4.78, 5) is 23.8. The number of rotatable bonds is 8. The Morgan fingerprint density at radius 1 is 1.28 bits per heavy atom. The van der Waals surface area contributed by atoms with Gasteiger partial charge in [0.05, 0.1) is 6.61 Å². The Hall–Kier alpha value is -1.32. The molecule has 1 N–H and O–H groups in total. The summed E-state index contributed by atoms with van der Waals surface area (Å²) in [6.45, 7) is 8.45. The second-order valence-corrected chi connectivity index (χ2v) is 4.19. The summed E-state index contributed by atoms with van der Waals surface area (Å²) in [5.41, 5.74) is 0.755. The van der Waals surface area contributed by atoms with Crippen LogP contribution in [0.15, 0.2) is 11.6 Å². The fraction of sp³-hybridized carbons (Fsp3) is 0.714. The van der Waals surface area contributed by atoms with E-state index in [2.05, 4.69) is 12.2 Å². The minimum Gasteiger partial charge on any atom is -0.465 e. The van der Waals surface area contributed by atoms with Gasteiger partial charge >= 0.3 is 5.97 Å². The highest BCUT2D eigenvalue weighted by Crippen LogP contribution is 2.14. The zero-order chi connectivity index (χ0) is 14.0. The van der Waals surface area contributed by atoms with Crippen molar-refractivity contribution in [3.63, 3.8) is 0 Å². The van der Waals surface area contributed by atoms with Crippen LogP contribution in [0, 0.1) is 5.92 Å². The summed E-state index contributed by atoms with van der Waals surface area (Å²) in [6.07, 6.45) is 4.61. The van der Waals surface area contributed by atoms with Crippen LogP contribution in [0.4, 0.5) is 0 Å². The molecule has 0 spiro atoms. The molecule has 4 heteroatoms. The van der Waals surface area contributed by atoms with Crippen molar-refractivity contribution in [3.8, 4) is 0 Å². The van der Waals surface area contributed by atoms with Gasteiger partial charge in [0.15, 0.2) is 5.92 Å². The molecule has 0 rings (SSSR count). The number of unbranched alkanes of at least 4 members (excludes halogenated alkanes) is 1. The molecule has 0 saturated heterocycles. The van der Waals surface area contributed by atoms with Gasteiger partial charge in [0.1, 0.15) is 0 Å². The van der Waals surface area contributed by atoms with E-state index in [-0.39, 0.29) is 12.5 Å². The third-order valence-corrected chi connectivity index (χ3v) is 2.60. The van der Waals surface area contributed by atoms with Crippen molar-refractivity contribution in [1.82, 2.24) is 5.32 Å². The van der Waals surface area contributed by atoms with E-state index in [0.717, 1.165) is 24.8 Å². The largest absolute Gasteiger partial charge is 0.465 e. The Balaban J connectivity index is 4.69. The summed E-state index contributed by atoms with van der Waals surface area (Å²) in [7, 11) is 0. The van der Waals surface area contributed by atoms with Gasteiger partial charge in [-0.15, -0.1) is 0 Å². The van der Waals surface area contributed by atoms with Crippen LogP contribution in [0.2, 0.25) is 0 Å². The first-order chi connectivity index (χ1) is 8.58. The number of allylic oxidation sites excluding steroid dienone is 1. The molecule has 18 heavy (non-hydrogen) atoms. The fourth-order valence-corrected chi connectivity index (χ4v) is 1.66. The van der Waals surface area contributed by atoms with Crippen LogP contribution in [0.25, 0.3) is 0 Å². The number of hydrogen-bond acceptors (Lipinski definition) is 3. The van der Waals surface area contributed by atoms with Crippen LogP contribution in [-0.2, 0) is 14.3 Å². The summed E-state index contributed by atoms with van der Waals surface area (Å²) in [5.74, 6) is -1.53. The Morgan fingerprint density at radius 3 is 2.44 bits per heavy atom. The molecule has 1 amide bonds. The Kier molecular flexibility index (Phi) is 8.97. The van der Waals surface area contributed by atoms with Crippen LogP contribution >= 0.6 is 0 Å². The smallest absolute Gasteiger partial charge is 0.322 e. The van der Waals surface area contributed by atoms with Gasteiger partial charge in [-0.1, -0.05) is 31.9 Å². The predicted molar refractivity (Wildman–Crippen MR) is 72.1 cm³/mol. The van der Waals surface area contributed by atoms with Gasteiger partial charge in [-0.3, -0.25) is 9.59 Å². The van der Waals surface area contributed by atoms with Crippen molar-refractivity contribution in [1.29, 1.82) is 0 Å². The minimum atomic E-state index is -0.804. The van der Waals surface area contributed by atoms with E-state index in [1.165, 1.54) is 0 Å². The first-order valence-electron chi connectivity index (χ1n) is 6.69. The number of carbonyl (C=O) groups is 2. The second kappa shape index (κ2) is 9.68. The van der Waals surface area contributed by atoms with Gasteiger partial charge in [0.25, 0.3) is 0 Å². The summed E-state index contributed by atoms with van der Waals surface area (Å²) in [6, 6.07) is 0. The van der Waals surface area contributed by atoms with Crippen LogP contribution < -0.4 is 5.32 Å². The molecule has 0 radical (unpaired) electrons. The lowest BCUT2D eigenvalue weighted by atomic mass is 9.98. The first kappa shape index (κ1) is 16.7. The lowest BCUT2D eigenvalue weighted by Gasteiger charge is -2.16. The molecule has 0 fully saturated rings. The van der Waals surface area contributed by atoms with E-state index in [0.29, 0.717) is 6.54 Å². The van der Waals surface area contributed by atoms with Gasteiger partial charge in [0.2, 0.25) is 5.91 Å². The topological polar surface area (TPSA) is 55.4 Å². The van der Waals surface area contributed by atoms with Gasteiger partial charge in [-0.25, -0.2) is 0 Å². The van der Waals surface area contributed by atoms with E-state index in [9.17, 15) is 9.59 Å². The molecule has 0 aromatic rings. The van der Waals surface area contributed by atoms with Crippen LogP contribution in [0.5, 0.6) is 0 Å². The number of nitrogens with one attached hydrogen (secondary N) is 1. The quantitative estimate of drug-likeness (QED) is 0.314. The molecule has 0 heterocycles. The van der Waals surface area contributed by atoms with Crippen molar-refractivity contribution in [2.75, 3.05) is 13.2 Å². The van der Waals surface area contributed by atoms with Gasteiger partial charge in [-0.05, 0) is 26.7 Å². The average Bonchev–Trinajstić information content (AvgIpc) is 2.30. The fourth-order valence-electron chi connectivity index (χ4n) is 1.66. The number of carbonyl (C=O) groups excluding carboxylic acids is 2. The summed E-state index contributed by atoms with van der Waals surface area (Å²) >= 11 is 0. The highest BCUT2D eigenvalue weighted by Gasteiger charge is 2.29. The maximum atomic E-state index is 12.0. The SMILES string of the molecule is CC/C=C(/C)C(C(=O)NCCCC)C(=O)OCC. The van der Waals surface area contributed by atoms with E-state index in [1.807, 2.05) is 13.0 Å².